The maximum absolute atomic E-state index is 12.1. The number of rotatable bonds is 3. The van der Waals surface area contributed by atoms with Gasteiger partial charge in [-0.2, -0.15) is 4.99 Å². The lowest BCUT2D eigenvalue weighted by molar-refractivity contribution is -0.402. The summed E-state index contributed by atoms with van der Waals surface area (Å²) in [5.41, 5.74) is 2.21. The van der Waals surface area contributed by atoms with Crippen molar-refractivity contribution < 1.29 is 14.1 Å². The number of hydrogen-bond acceptors (Lipinski definition) is 5. The standard InChI is InChI=1S/C15H13N3O4S/c1-3-9-5-4-6-11-13(9)17(2)15(23-11)16-14(19)10-7-8-12(22-10)18(20)21/h4-8H,3H2,1-2H3. The van der Waals surface area contributed by atoms with Gasteiger partial charge in [0.1, 0.15) is 4.92 Å². The van der Waals surface area contributed by atoms with Crippen LogP contribution >= 0.6 is 11.3 Å². The molecule has 8 heteroatoms. The molecule has 0 atom stereocenters. The molecule has 0 unspecified atom stereocenters. The van der Waals surface area contributed by atoms with Gasteiger partial charge in [-0.25, -0.2) is 0 Å². The fourth-order valence-corrected chi connectivity index (χ4v) is 3.42. The first kappa shape index (κ1) is 15.2. The first-order valence-electron chi connectivity index (χ1n) is 6.92. The van der Waals surface area contributed by atoms with E-state index in [1.165, 1.54) is 23.0 Å². The Labute approximate surface area is 134 Å². The molecule has 0 N–H and O–H groups in total. The Morgan fingerprint density at radius 3 is 2.83 bits per heavy atom. The van der Waals surface area contributed by atoms with E-state index in [4.69, 9.17) is 4.42 Å². The summed E-state index contributed by atoms with van der Waals surface area (Å²) in [4.78, 5) is 26.6. The fourth-order valence-electron chi connectivity index (χ4n) is 2.36. The molecule has 0 aliphatic carbocycles. The van der Waals surface area contributed by atoms with E-state index < -0.39 is 16.7 Å². The lowest BCUT2D eigenvalue weighted by Gasteiger charge is -2.01. The number of nitro groups is 1. The number of hydrogen-bond donors (Lipinski definition) is 0. The molecule has 2 aromatic heterocycles. The molecule has 0 saturated carbocycles. The van der Waals surface area contributed by atoms with Crippen LogP contribution in [0.2, 0.25) is 0 Å². The van der Waals surface area contributed by atoms with E-state index in [1.54, 1.807) is 0 Å². The number of nitrogens with zero attached hydrogens (tertiary/aromatic N) is 3. The van der Waals surface area contributed by atoms with Crippen LogP contribution in [0.4, 0.5) is 5.88 Å². The maximum atomic E-state index is 12.1. The van der Waals surface area contributed by atoms with Gasteiger partial charge in [0.15, 0.2) is 4.80 Å². The van der Waals surface area contributed by atoms with Gasteiger partial charge in [0, 0.05) is 7.05 Å². The SMILES string of the molecule is CCc1cccc2sc(=NC(=O)c3ccc([N+](=O)[O-])o3)n(C)c12. The monoisotopic (exact) mass is 331 g/mol. The van der Waals surface area contributed by atoms with Crippen LogP contribution in [0.1, 0.15) is 23.0 Å². The van der Waals surface area contributed by atoms with Gasteiger partial charge in [0.25, 0.3) is 0 Å². The maximum Gasteiger partial charge on any atom is 0.433 e. The smallest absolute Gasteiger partial charge is 0.395 e. The molecule has 2 heterocycles. The molecule has 23 heavy (non-hydrogen) atoms. The minimum Gasteiger partial charge on any atom is -0.395 e. The molecule has 0 aliphatic rings. The number of benzene rings is 1. The van der Waals surface area contributed by atoms with E-state index >= 15 is 0 Å². The first-order valence-corrected chi connectivity index (χ1v) is 7.73. The Hall–Kier alpha value is -2.74. The van der Waals surface area contributed by atoms with E-state index in [2.05, 4.69) is 11.9 Å². The average Bonchev–Trinajstić information content (AvgIpc) is 3.13. The van der Waals surface area contributed by atoms with Crippen LogP contribution in [-0.4, -0.2) is 15.4 Å². The number of para-hydroxylation sites is 1. The van der Waals surface area contributed by atoms with Crippen molar-refractivity contribution in [1.29, 1.82) is 0 Å². The van der Waals surface area contributed by atoms with Crippen molar-refractivity contribution >= 4 is 33.3 Å². The minimum atomic E-state index is -0.691. The third kappa shape index (κ3) is 2.68. The van der Waals surface area contributed by atoms with Crippen LogP contribution in [0, 0.1) is 10.1 Å². The molecule has 0 bridgehead atoms. The summed E-state index contributed by atoms with van der Waals surface area (Å²) >= 11 is 1.39. The zero-order chi connectivity index (χ0) is 16.6. The second-order valence-corrected chi connectivity index (χ2v) is 5.88. The summed E-state index contributed by atoms with van der Waals surface area (Å²) in [5, 5.41) is 10.6. The topological polar surface area (TPSA) is 90.6 Å². The zero-order valence-electron chi connectivity index (χ0n) is 12.5. The van der Waals surface area contributed by atoms with Crippen molar-refractivity contribution in [3.63, 3.8) is 0 Å². The highest BCUT2D eigenvalue weighted by Gasteiger charge is 2.17. The van der Waals surface area contributed by atoms with Crippen LogP contribution in [0.25, 0.3) is 10.2 Å². The molecule has 1 aromatic carbocycles. The average molecular weight is 331 g/mol. The second kappa shape index (κ2) is 5.81. The normalized spacial score (nSPS) is 12.0. The summed E-state index contributed by atoms with van der Waals surface area (Å²) in [6.45, 7) is 2.07. The highest BCUT2D eigenvalue weighted by molar-refractivity contribution is 7.16. The van der Waals surface area contributed by atoms with Gasteiger partial charge >= 0.3 is 11.8 Å². The largest absolute Gasteiger partial charge is 0.433 e. The lowest BCUT2D eigenvalue weighted by Crippen LogP contribution is -2.13. The number of carbonyl (C=O) groups excluding carboxylic acids is 1. The fraction of sp³-hybridized carbons (Fsp3) is 0.200. The molecule has 0 radical (unpaired) electrons. The van der Waals surface area contributed by atoms with E-state index in [0.717, 1.165) is 22.7 Å². The zero-order valence-corrected chi connectivity index (χ0v) is 13.3. The third-order valence-electron chi connectivity index (χ3n) is 3.47. The predicted octanol–water partition coefficient (Wildman–Crippen LogP) is 3.04. The van der Waals surface area contributed by atoms with Gasteiger partial charge in [0.05, 0.1) is 16.3 Å². The van der Waals surface area contributed by atoms with Crippen molar-refractivity contribution in [2.45, 2.75) is 13.3 Å². The highest BCUT2D eigenvalue weighted by atomic mass is 32.1. The van der Waals surface area contributed by atoms with Crippen molar-refractivity contribution in [2.75, 3.05) is 0 Å². The number of furan rings is 1. The summed E-state index contributed by atoms with van der Waals surface area (Å²) in [5.74, 6) is -1.26. The number of thiazole rings is 1. The predicted molar refractivity (Wildman–Crippen MR) is 85.4 cm³/mol. The quantitative estimate of drug-likeness (QED) is 0.545. The molecule has 0 fully saturated rings. The van der Waals surface area contributed by atoms with E-state index in [-0.39, 0.29) is 5.76 Å². The van der Waals surface area contributed by atoms with Crippen molar-refractivity contribution in [3.8, 4) is 0 Å². The summed E-state index contributed by atoms with van der Waals surface area (Å²) in [6, 6.07) is 8.38. The molecule has 1 amide bonds. The number of fused-ring (bicyclic) bond motifs is 1. The second-order valence-electron chi connectivity index (χ2n) is 4.87. The minimum absolute atomic E-state index is 0.148. The van der Waals surface area contributed by atoms with Crippen LogP contribution in [0.15, 0.2) is 39.7 Å². The van der Waals surface area contributed by atoms with Gasteiger partial charge in [-0.15, -0.1) is 0 Å². The number of amides is 1. The van der Waals surface area contributed by atoms with Gasteiger partial charge in [-0.1, -0.05) is 30.4 Å². The molecule has 0 spiro atoms. The van der Waals surface area contributed by atoms with E-state index in [0.29, 0.717) is 4.80 Å². The van der Waals surface area contributed by atoms with E-state index in [1.807, 2.05) is 29.8 Å². The number of aryl methyl sites for hydroxylation is 2. The molecule has 3 aromatic rings. The Bertz CT molecular complexity index is 980. The molecule has 3 rings (SSSR count). The van der Waals surface area contributed by atoms with Gasteiger partial charge in [-0.05, 0) is 24.1 Å². The van der Waals surface area contributed by atoms with Crippen molar-refractivity contribution in [3.05, 3.63) is 56.6 Å². The molecule has 7 nitrogen and oxygen atoms in total. The Balaban J connectivity index is 2.08. The molecule has 118 valence electrons. The summed E-state index contributed by atoms with van der Waals surface area (Å²) in [7, 11) is 1.84. The lowest BCUT2D eigenvalue weighted by atomic mass is 10.1. The van der Waals surface area contributed by atoms with Crippen LogP contribution in [0.3, 0.4) is 0 Å². The molecule has 0 aliphatic heterocycles. The van der Waals surface area contributed by atoms with Gasteiger partial charge in [-0.3, -0.25) is 14.9 Å². The van der Waals surface area contributed by atoms with Crippen LogP contribution in [-0.2, 0) is 13.5 Å². The third-order valence-corrected chi connectivity index (χ3v) is 4.56. The Morgan fingerprint density at radius 2 is 2.17 bits per heavy atom. The van der Waals surface area contributed by atoms with Gasteiger partial charge < -0.3 is 8.98 Å². The summed E-state index contributed by atoms with van der Waals surface area (Å²) in [6.07, 6.45) is 0.875. The molecule has 0 saturated heterocycles. The highest BCUT2D eigenvalue weighted by Crippen LogP contribution is 2.21. The molecular formula is C15H13N3O4S. The van der Waals surface area contributed by atoms with Crippen molar-refractivity contribution in [2.24, 2.45) is 12.0 Å². The Morgan fingerprint density at radius 1 is 1.39 bits per heavy atom. The van der Waals surface area contributed by atoms with Crippen molar-refractivity contribution in [1.82, 2.24) is 4.57 Å². The van der Waals surface area contributed by atoms with Crippen LogP contribution < -0.4 is 4.80 Å². The Kier molecular flexibility index (Phi) is 3.83. The van der Waals surface area contributed by atoms with Crippen LogP contribution in [0.5, 0.6) is 0 Å². The van der Waals surface area contributed by atoms with Gasteiger partial charge in [0.2, 0.25) is 5.76 Å². The number of aromatic nitrogens is 1. The summed E-state index contributed by atoms with van der Waals surface area (Å²) < 4.78 is 7.78. The van der Waals surface area contributed by atoms with E-state index in [9.17, 15) is 14.9 Å². The molecular weight excluding hydrogens is 318 g/mol. The number of carbonyl (C=O) groups is 1. The first-order chi connectivity index (χ1) is 11.0.